The molecule has 3 N–H and O–H groups in total. The number of likely N-dealkylation sites (N-methyl/N-ethyl adjacent to an activating group) is 1. The summed E-state index contributed by atoms with van der Waals surface area (Å²) in [5, 5.41) is 9.76. The fourth-order valence-corrected chi connectivity index (χ4v) is 3.03. The van der Waals surface area contributed by atoms with Crippen LogP contribution in [0.4, 0.5) is 17.8 Å². The number of nitrogens with one attached hydrogen (secondary N) is 3. The zero-order valence-electron chi connectivity index (χ0n) is 16.9. The number of rotatable bonds is 10. The minimum absolute atomic E-state index is 0.552. The minimum Gasteiger partial charge on any atom is -0.354 e. The number of hydrogen-bond donors (Lipinski definition) is 3. The van der Waals surface area contributed by atoms with Gasteiger partial charge in [-0.25, -0.2) is 0 Å². The van der Waals surface area contributed by atoms with E-state index in [-0.39, 0.29) is 0 Å². The summed E-state index contributed by atoms with van der Waals surface area (Å²) in [6.45, 7) is 9.93. The molecule has 9 nitrogen and oxygen atoms in total. The highest BCUT2D eigenvalue weighted by molar-refractivity contribution is 5.42. The van der Waals surface area contributed by atoms with Gasteiger partial charge in [-0.2, -0.15) is 15.0 Å². The van der Waals surface area contributed by atoms with Gasteiger partial charge in [-0.05, 0) is 38.6 Å². The lowest BCUT2D eigenvalue weighted by Gasteiger charge is -2.32. The van der Waals surface area contributed by atoms with Gasteiger partial charge in [0.2, 0.25) is 17.8 Å². The number of nitrogens with zero attached hydrogens (tertiary/aromatic N) is 6. The Labute approximate surface area is 167 Å². The van der Waals surface area contributed by atoms with Crippen LogP contribution in [0.25, 0.3) is 0 Å². The van der Waals surface area contributed by atoms with Crippen LogP contribution in [-0.4, -0.2) is 82.6 Å². The Morgan fingerprint density at radius 3 is 2.36 bits per heavy atom. The minimum atomic E-state index is 0.552. The summed E-state index contributed by atoms with van der Waals surface area (Å²) in [5.74, 6) is 1.72. The monoisotopic (exact) mass is 385 g/mol. The second kappa shape index (κ2) is 10.7. The smallest absolute Gasteiger partial charge is 0.229 e. The van der Waals surface area contributed by atoms with Gasteiger partial charge in [0.05, 0.1) is 0 Å². The maximum Gasteiger partial charge on any atom is 0.229 e. The summed E-state index contributed by atoms with van der Waals surface area (Å²) < 4.78 is 0. The van der Waals surface area contributed by atoms with Gasteiger partial charge in [0, 0.05) is 58.2 Å². The van der Waals surface area contributed by atoms with E-state index in [1.165, 1.54) is 0 Å². The van der Waals surface area contributed by atoms with Gasteiger partial charge in [0.15, 0.2) is 0 Å². The molecule has 2 aromatic heterocycles. The highest BCUT2D eigenvalue weighted by Gasteiger charge is 2.13. The van der Waals surface area contributed by atoms with E-state index in [1.807, 2.05) is 25.3 Å². The zero-order chi connectivity index (χ0) is 19.6. The van der Waals surface area contributed by atoms with Gasteiger partial charge in [0.1, 0.15) is 0 Å². The SMILES string of the molecule is CCNc1nc(NCCCN2CCN(C)CC2)nc(NCc2cccnc2)n1. The Morgan fingerprint density at radius 1 is 0.964 bits per heavy atom. The second-order valence-electron chi connectivity index (χ2n) is 6.98. The van der Waals surface area contributed by atoms with Crippen LogP contribution in [0.5, 0.6) is 0 Å². The second-order valence-corrected chi connectivity index (χ2v) is 6.98. The maximum atomic E-state index is 4.50. The van der Waals surface area contributed by atoms with E-state index in [1.54, 1.807) is 6.20 Å². The lowest BCUT2D eigenvalue weighted by Crippen LogP contribution is -2.44. The van der Waals surface area contributed by atoms with Crippen molar-refractivity contribution >= 4 is 17.8 Å². The topological polar surface area (TPSA) is 94.1 Å². The highest BCUT2D eigenvalue weighted by Crippen LogP contribution is 2.11. The molecular weight excluding hydrogens is 354 g/mol. The first-order chi connectivity index (χ1) is 13.7. The fourth-order valence-electron chi connectivity index (χ4n) is 3.03. The molecule has 0 radical (unpaired) electrons. The molecule has 0 aliphatic carbocycles. The Morgan fingerprint density at radius 2 is 1.68 bits per heavy atom. The molecule has 1 aliphatic rings. The molecule has 28 heavy (non-hydrogen) atoms. The summed E-state index contributed by atoms with van der Waals surface area (Å²) in [4.78, 5) is 22.4. The number of pyridine rings is 1. The van der Waals surface area contributed by atoms with Crippen molar-refractivity contribution in [3.8, 4) is 0 Å². The molecule has 0 saturated carbocycles. The first kappa shape index (κ1) is 20.2. The molecule has 3 rings (SSSR count). The van der Waals surface area contributed by atoms with Crippen molar-refractivity contribution in [2.75, 3.05) is 68.8 Å². The van der Waals surface area contributed by atoms with Gasteiger partial charge in [0.25, 0.3) is 0 Å². The molecular formula is C19H31N9. The summed E-state index contributed by atoms with van der Waals surface area (Å²) in [7, 11) is 2.18. The number of hydrogen-bond acceptors (Lipinski definition) is 9. The van der Waals surface area contributed by atoms with Gasteiger partial charge in [-0.15, -0.1) is 0 Å². The van der Waals surface area contributed by atoms with Crippen LogP contribution in [0.15, 0.2) is 24.5 Å². The molecule has 152 valence electrons. The number of piperazine rings is 1. The zero-order valence-corrected chi connectivity index (χ0v) is 16.9. The van der Waals surface area contributed by atoms with Crippen molar-refractivity contribution in [1.82, 2.24) is 29.7 Å². The molecule has 3 heterocycles. The third kappa shape index (κ3) is 6.58. The van der Waals surface area contributed by atoms with Crippen molar-refractivity contribution in [1.29, 1.82) is 0 Å². The van der Waals surface area contributed by atoms with E-state index in [9.17, 15) is 0 Å². The van der Waals surface area contributed by atoms with Crippen LogP contribution < -0.4 is 16.0 Å². The van der Waals surface area contributed by atoms with Crippen molar-refractivity contribution < 1.29 is 0 Å². The molecule has 1 aliphatic heterocycles. The van der Waals surface area contributed by atoms with Crippen LogP contribution in [0.1, 0.15) is 18.9 Å². The van der Waals surface area contributed by atoms with Gasteiger partial charge in [-0.3, -0.25) is 4.98 Å². The average Bonchev–Trinajstić information content (AvgIpc) is 2.72. The Hall–Kier alpha value is -2.52. The lowest BCUT2D eigenvalue weighted by molar-refractivity contribution is 0.154. The maximum absolute atomic E-state index is 4.50. The van der Waals surface area contributed by atoms with E-state index in [0.29, 0.717) is 24.4 Å². The predicted octanol–water partition coefficient (Wildman–Crippen LogP) is 1.36. The molecule has 0 atom stereocenters. The van der Waals surface area contributed by atoms with Crippen LogP contribution in [0.3, 0.4) is 0 Å². The van der Waals surface area contributed by atoms with E-state index >= 15 is 0 Å². The Balaban J connectivity index is 1.50. The van der Waals surface area contributed by atoms with Crippen LogP contribution in [0.2, 0.25) is 0 Å². The molecule has 2 aromatic rings. The third-order valence-electron chi connectivity index (χ3n) is 4.67. The summed E-state index contributed by atoms with van der Waals surface area (Å²) in [6.07, 6.45) is 4.65. The first-order valence-electron chi connectivity index (χ1n) is 10.0. The third-order valence-corrected chi connectivity index (χ3v) is 4.67. The van der Waals surface area contributed by atoms with E-state index in [4.69, 9.17) is 0 Å². The lowest BCUT2D eigenvalue weighted by atomic mass is 10.3. The van der Waals surface area contributed by atoms with Crippen molar-refractivity contribution in [2.24, 2.45) is 0 Å². The molecule has 0 spiro atoms. The summed E-state index contributed by atoms with van der Waals surface area (Å²) in [6, 6.07) is 3.94. The van der Waals surface area contributed by atoms with Gasteiger partial charge >= 0.3 is 0 Å². The fraction of sp³-hybridized carbons (Fsp3) is 0.579. The molecule has 0 bridgehead atoms. The first-order valence-corrected chi connectivity index (χ1v) is 10.0. The number of aromatic nitrogens is 4. The molecule has 0 aromatic carbocycles. The van der Waals surface area contributed by atoms with Crippen LogP contribution in [-0.2, 0) is 6.54 Å². The highest BCUT2D eigenvalue weighted by atomic mass is 15.3. The summed E-state index contributed by atoms with van der Waals surface area (Å²) >= 11 is 0. The molecule has 1 fully saturated rings. The molecule has 1 saturated heterocycles. The standard InChI is InChI=1S/C19H31N9/c1-3-21-17-24-18(22-8-5-9-28-12-10-27(2)11-13-28)26-19(25-17)23-15-16-6-4-7-20-14-16/h4,6-7,14H,3,5,8-13,15H2,1-2H3,(H3,21,22,23,24,25,26). The van der Waals surface area contributed by atoms with Crippen molar-refractivity contribution in [3.05, 3.63) is 30.1 Å². The Kier molecular flexibility index (Phi) is 7.74. The molecule has 9 heteroatoms. The van der Waals surface area contributed by atoms with E-state index in [0.717, 1.165) is 57.8 Å². The Bertz CT molecular complexity index is 702. The quantitative estimate of drug-likeness (QED) is 0.524. The van der Waals surface area contributed by atoms with E-state index < -0.39 is 0 Å². The predicted molar refractivity (Wildman–Crippen MR) is 113 cm³/mol. The normalized spacial score (nSPS) is 15.4. The summed E-state index contributed by atoms with van der Waals surface area (Å²) in [5.41, 5.74) is 1.08. The van der Waals surface area contributed by atoms with Crippen LogP contribution >= 0.6 is 0 Å². The molecule has 0 unspecified atom stereocenters. The molecule has 0 amide bonds. The van der Waals surface area contributed by atoms with Gasteiger partial charge < -0.3 is 25.8 Å². The van der Waals surface area contributed by atoms with Crippen molar-refractivity contribution in [3.63, 3.8) is 0 Å². The van der Waals surface area contributed by atoms with E-state index in [2.05, 4.69) is 52.7 Å². The largest absolute Gasteiger partial charge is 0.354 e. The van der Waals surface area contributed by atoms with Crippen molar-refractivity contribution in [2.45, 2.75) is 19.9 Å². The average molecular weight is 386 g/mol. The van der Waals surface area contributed by atoms with Crippen LogP contribution in [0, 0.1) is 0 Å². The van der Waals surface area contributed by atoms with Gasteiger partial charge in [-0.1, -0.05) is 6.07 Å². The number of anilines is 3.